The third-order valence-electron chi connectivity index (χ3n) is 2.86. The second-order valence-electron chi connectivity index (χ2n) is 4.45. The lowest BCUT2D eigenvalue weighted by molar-refractivity contribution is 0.00578. The fourth-order valence-electron chi connectivity index (χ4n) is 0.984. The van der Waals surface area contributed by atoms with E-state index in [1.807, 2.05) is 45.9 Å². The fourth-order valence-corrected chi connectivity index (χ4v) is 0.984. The summed E-state index contributed by atoms with van der Waals surface area (Å²) in [5.74, 6) is 0. The summed E-state index contributed by atoms with van der Waals surface area (Å²) in [6.45, 7) is 8.17. The van der Waals surface area contributed by atoms with E-state index in [-0.39, 0.29) is 11.2 Å². The number of hydrogen-bond acceptors (Lipinski definition) is 3. The minimum Gasteiger partial charge on any atom is -0.406 e. The predicted molar refractivity (Wildman–Crippen MR) is 61.7 cm³/mol. The molecular weight excluding hydrogens is 189 g/mol. The molecular formula is C11H18BNO2. The van der Waals surface area contributed by atoms with E-state index in [4.69, 9.17) is 9.31 Å². The monoisotopic (exact) mass is 207 g/mol. The molecule has 1 saturated heterocycles. The maximum absolute atomic E-state index is 5.33. The average Bonchev–Trinajstić information content (AvgIpc) is 2.43. The van der Waals surface area contributed by atoms with E-state index in [1.165, 1.54) is 0 Å². The maximum atomic E-state index is 5.33. The molecule has 15 heavy (non-hydrogen) atoms. The van der Waals surface area contributed by atoms with Crippen LogP contribution in [0.2, 0.25) is 0 Å². The van der Waals surface area contributed by atoms with Gasteiger partial charge in [0.05, 0.1) is 11.2 Å². The number of nitrogens with zero attached hydrogens (tertiary/aromatic N) is 1. The van der Waals surface area contributed by atoms with Crippen molar-refractivity contribution >= 4 is 7.69 Å². The molecule has 82 valence electrons. The highest BCUT2D eigenvalue weighted by molar-refractivity contribution is 6.19. The Labute approximate surface area is 92.1 Å². The van der Waals surface area contributed by atoms with Crippen molar-refractivity contribution in [3.8, 4) is 0 Å². The number of aromatic nitrogens is 1. The Kier molecular flexibility index (Phi) is 3.88. The molecule has 2 heterocycles. The van der Waals surface area contributed by atoms with Gasteiger partial charge in [-0.15, -0.1) is 0 Å². The van der Waals surface area contributed by atoms with E-state index in [0.29, 0.717) is 7.69 Å². The fraction of sp³-hybridized carbons (Fsp3) is 0.545. The SMILES string of the molecule is CC1(C)OBOC1(C)C.c1ccncc1. The summed E-state index contributed by atoms with van der Waals surface area (Å²) < 4.78 is 10.7. The first kappa shape index (κ1) is 12.2. The second kappa shape index (κ2) is 4.77. The molecule has 0 aromatic carbocycles. The van der Waals surface area contributed by atoms with Gasteiger partial charge >= 0.3 is 7.69 Å². The van der Waals surface area contributed by atoms with Crippen LogP contribution in [0.25, 0.3) is 0 Å². The Morgan fingerprint density at radius 1 is 0.867 bits per heavy atom. The summed E-state index contributed by atoms with van der Waals surface area (Å²) in [6, 6.07) is 5.72. The summed E-state index contributed by atoms with van der Waals surface area (Å²) in [4.78, 5) is 3.78. The number of rotatable bonds is 0. The van der Waals surface area contributed by atoms with Crippen molar-refractivity contribution in [1.82, 2.24) is 4.98 Å². The van der Waals surface area contributed by atoms with Gasteiger partial charge in [-0.2, -0.15) is 0 Å². The van der Waals surface area contributed by atoms with Gasteiger partial charge in [0.1, 0.15) is 0 Å². The van der Waals surface area contributed by atoms with E-state index < -0.39 is 0 Å². The van der Waals surface area contributed by atoms with E-state index in [9.17, 15) is 0 Å². The van der Waals surface area contributed by atoms with Crippen LogP contribution in [-0.2, 0) is 9.31 Å². The van der Waals surface area contributed by atoms with Gasteiger partial charge in [-0.1, -0.05) is 6.07 Å². The summed E-state index contributed by atoms with van der Waals surface area (Å²) in [7, 11) is 0.431. The minimum atomic E-state index is -0.132. The molecule has 1 aromatic rings. The lowest BCUT2D eigenvalue weighted by Crippen LogP contribution is -2.41. The molecule has 0 N–H and O–H groups in total. The van der Waals surface area contributed by atoms with E-state index in [2.05, 4.69) is 4.98 Å². The zero-order chi connectivity index (χ0) is 11.4. The van der Waals surface area contributed by atoms with Crippen LogP contribution in [-0.4, -0.2) is 23.9 Å². The molecule has 0 aliphatic carbocycles. The summed E-state index contributed by atoms with van der Waals surface area (Å²) in [5.41, 5.74) is -0.264. The van der Waals surface area contributed by atoms with Crippen molar-refractivity contribution in [3.05, 3.63) is 30.6 Å². The van der Waals surface area contributed by atoms with Crippen LogP contribution in [0.4, 0.5) is 0 Å². The van der Waals surface area contributed by atoms with Crippen LogP contribution in [0.15, 0.2) is 30.6 Å². The second-order valence-corrected chi connectivity index (χ2v) is 4.45. The van der Waals surface area contributed by atoms with Gasteiger partial charge < -0.3 is 9.31 Å². The molecule has 2 rings (SSSR count). The molecule has 1 aliphatic heterocycles. The van der Waals surface area contributed by atoms with Gasteiger partial charge in [0.2, 0.25) is 0 Å². The quantitative estimate of drug-likeness (QED) is 0.609. The molecule has 4 heteroatoms. The lowest BCUT2D eigenvalue weighted by Gasteiger charge is -2.32. The Hall–Kier alpha value is -0.865. The molecule has 0 spiro atoms. The zero-order valence-electron chi connectivity index (χ0n) is 9.86. The van der Waals surface area contributed by atoms with Gasteiger partial charge in [0, 0.05) is 12.4 Å². The smallest absolute Gasteiger partial charge is 0.406 e. The maximum Gasteiger partial charge on any atom is 0.439 e. The molecule has 1 aliphatic rings. The van der Waals surface area contributed by atoms with Crippen molar-refractivity contribution in [2.75, 3.05) is 0 Å². The van der Waals surface area contributed by atoms with Crippen LogP contribution in [0, 0.1) is 0 Å². The summed E-state index contributed by atoms with van der Waals surface area (Å²) >= 11 is 0. The molecule has 0 unspecified atom stereocenters. The van der Waals surface area contributed by atoms with Crippen molar-refractivity contribution in [3.63, 3.8) is 0 Å². The van der Waals surface area contributed by atoms with Crippen LogP contribution < -0.4 is 0 Å². The molecule has 0 bridgehead atoms. The van der Waals surface area contributed by atoms with Crippen LogP contribution >= 0.6 is 0 Å². The topological polar surface area (TPSA) is 31.4 Å². The highest BCUT2D eigenvalue weighted by Crippen LogP contribution is 2.33. The lowest BCUT2D eigenvalue weighted by atomic mass is 9.90. The largest absolute Gasteiger partial charge is 0.439 e. The first-order chi connectivity index (χ1) is 6.96. The van der Waals surface area contributed by atoms with Crippen LogP contribution in [0.1, 0.15) is 27.7 Å². The average molecular weight is 207 g/mol. The molecule has 0 amide bonds. The van der Waals surface area contributed by atoms with E-state index in [0.717, 1.165) is 0 Å². The zero-order valence-corrected chi connectivity index (χ0v) is 9.86. The highest BCUT2D eigenvalue weighted by Gasteiger charge is 2.44. The van der Waals surface area contributed by atoms with Crippen molar-refractivity contribution in [1.29, 1.82) is 0 Å². The summed E-state index contributed by atoms with van der Waals surface area (Å²) in [5, 5.41) is 0. The van der Waals surface area contributed by atoms with Crippen molar-refractivity contribution in [2.45, 2.75) is 38.9 Å². The Balaban J connectivity index is 0.000000162. The highest BCUT2D eigenvalue weighted by atomic mass is 16.7. The predicted octanol–water partition coefficient (Wildman–Crippen LogP) is 1.94. The Morgan fingerprint density at radius 2 is 1.33 bits per heavy atom. The van der Waals surface area contributed by atoms with Gasteiger partial charge in [-0.05, 0) is 39.8 Å². The third-order valence-corrected chi connectivity index (χ3v) is 2.86. The normalized spacial score (nSPS) is 21.1. The molecule has 0 saturated carbocycles. The van der Waals surface area contributed by atoms with Crippen molar-refractivity contribution < 1.29 is 9.31 Å². The van der Waals surface area contributed by atoms with Gasteiger partial charge in [-0.3, -0.25) is 4.98 Å². The molecule has 1 aromatic heterocycles. The first-order valence-electron chi connectivity index (χ1n) is 5.09. The molecule has 3 nitrogen and oxygen atoms in total. The molecule has 0 radical (unpaired) electrons. The van der Waals surface area contributed by atoms with Gasteiger partial charge in [-0.25, -0.2) is 0 Å². The first-order valence-corrected chi connectivity index (χ1v) is 5.09. The van der Waals surface area contributed by atoms with Crippen LogP contribution in [0.5, 0.6) is 0 Å². The molecule has 1 fully saturated rings. The Morgan fingerprint density at radius 3 is 1.47 bits per heavy atom. The summed E-state index contributed by atoms with van der Waals surface area (Å²) in [6.07, 6.45) is 3.50. The van der Waals surface area contributed by atoms with E-state index >= 15 is 0 Å². The van der Waals surface area contributed by atoms with Crippen molar-refractivity contribution in [2.24, 2.45) is 0 Å². The number of hydrogen-bond donors (Lipinski definition) is 0. The Bertz CT molecular complexity index is 247. The van der Waals surface area contributed by atoms with E-state index in [1.54, 1.807) is 12.4 Å². The standard InChI is InChI=1S/C6H13BO2.C5H5N/c1-5(2)6(3,4)9-7-8-5;1-2-4-6-5-3-1/h7H,1-4H3;1-5H. The van der Waals surface area contributed by atoms with Crippen LogP contribution in [0.3, 0.4) is 0 Å². The van der Waals surface area contributed by atoms with Gasteiger partial charge in [0.15, 0.2) is 0 Å². The minimum absolute atomic E-state index is 0.132. The number of pyridine rings is 1. The third kappa shape index (κ3) is 3.32. The molecule has 0 atom stereocenters. The van der Waals surface area contributed by atoms with Gasteiger partial charge in [0.25, 0.3) is 0 Å².